The van der Waals surface area contributed by atoms with E-state index in [0.717, 1.165) is 18.4 Å². The van der Waals surface area contributed by atoms with Crippen molar-refractivity contribution in [1.29, 1.82) is 0 Å². The Morgan fingerprint density at radius 1 is 1.00 bits per heavy atom. The zero-order valence-corrected chi connectivity index (χ0v) is 16.3. The van der Waals surface area contributed by atoms with Gasteiger partial charge in [0.05, 0.1) is 19.3 Å². The second-order valence-corrected chi connectivity index (χ2v) is 8.07. The van der Waals surface area contributed by atoms with Gasteiger partial charge in [-0.15, -0.1) is 11.3 Å². The number of nitrogens with zero attached hydrogens (tertiary/aromatic N) is 1. The summed E-state index contributed by atoms with van der Waals surface area (Å²) >= 11 is 1.78. The molecule has 28 heavy (non-hydrogen) atoms. The van der Waals surface area contributed by atoms with Crippen LogP contribution in [0.1, 0.15) is 38.8 Å². The van der Waals surface area contributed by atoms with Crippen LogP contribution in [0.2, 0.25) is 0 Å². The van der Waals surface area contributed by atoms with Gasteiger partial charge in [-0.25, -0.2) is 0 Å². The van der Waals surface area contributed by atoms with E-state index >= 15 is 0 Å². The third-order valence-corrected chi connectivity index (χ3v) is 6.33. The monoisotopic (exact) mass is 391 g/mol. The van der Waals surface area contributed by atoms with Crippen molar-refractivity contribution in [3.05, 3.63) is 81.5 Å². The van der Waals surface area contributed by atoms with Crippen LogP contribution >= 0.6 is 11.3 Å². The van der Waals surface area contributed by atoms with Crippen molar-refractivity contribution in [3.8, 4) is 11.5 Å². The highest BCUT2D eigenvalue weighted by molar-refractivity contribution is 7.10. The number of benzene rings is 2. The molecule has 0 unspecified atom stereocenters. The molecule has 142 valence electrons. The number of hydrogen-bond acceptors (Lipinski definition) is 4. The zero-order chi connectivity index (χ0) is 18.9. The first kappa shape index (κ1) is 17.3. The number of rotatable bonds is 2. The molecule has 5 heteroatoms. The number of fused-ring (bicyclic) bond motifs is 2. The molecule has 4 nitrogen and oxygen atoms in total. The van der Waals surface area contributed by atoms with Crippen molar-refractivity contribution < 1.29 is 14.3 Å². The summed E-state index contributed by atoms with van der Waals surface area (Å²) in [5.41, 5.74) is 3.03. The van der Waals surface area contributed by atoms with Gasteiger partial charge in [-0.2, -0.15) is 0 Å². The molecule has 0 aliphatic carbocycles. The van der Waals surface area contributed by atoms with Crippen LogP contribution < -0.4 is 9.47 Å². The molecule has 0 fully saturated rings. The predicted molar refractivity (Wildman–Crippen MR) is 109 cm³/mol. The summed E-state index contributed by atoms with van der Waals surface area (Å²) in [6, 6.07) is 17.9. The molecule has 3 heterocycles. The number of hydrogen-bond donors (Lipinski definition) is 0. The topological polar surface area (TPSA) is 38.8 Å². The van der Waals surface area contributed by atoms with E-state index in [4.69, 9.17) is 9.47 Å². The first-order valence-corrected chi connectivity index (χ1v) is 10.5. The van der Waals surface area contributed by atoms with Crippen LogP contribution in [-0.4, -0.2) is 30.6 Å². The number of carbonyl (C=O) groups is 1. The largest absolute Gasteiger partial charge is 0.490 e. The van der Waals surface area contributed by atoms with Crippen molar-refractivity contribution in [2.75, 3.05) is 19.8 Å². The molecule has 2 aliphatic rings. The maximum Gasteiger partial charge on any atom is 0.254 e. The lowest BCUT2D eigenvalue weighted by atomic mass is 9.92. The molecule has 1 aromatic heterocycles. The van der Waals surface area contributed by atoms with Crippen LogP contribution in [0.3, 0.4) is 0 Å². The lowest BCUT2D eigenvalue weighted by Gasteiger charge is -2.36. The molecule has 1 amide bonds. The van der Waals surface area contributed by atoms with Crippen LogP contribution in [0, 0.1) is 0 Å². The molecule has 0 radical (unpaired) electrons. The van der Waals surface area contributed by atoms with Crippen molar-refractivity contribution in [2.24, 2.45) is 0 Å². The third kappa shape index (κ3) is 3.06. The molecule has 3 aromatic rings. The Kier molecular flexibility index (Phi) is 4.53. The average molecular weight is 391 g/mol. The van der Waals surface area contributed by atoms with E-state index < -0.39 is 0 Å². The molecule has 0 spiro atoms. The molecule has 0 bridgehead atoms. The van der Waals surface area contributed by atoms with Crippen molar-refractivity contribution in [3.63, 3.8) is 0 Å². The average Bonchev–Trinajstić information content (AvgIpc) is 3.10. The maximum absolute atomic E-state index is 13.5. The summed E-state index contributed by atoms with van der Waals surface area (Å²) in [6.07, 6.45) is 1.74. The minimum atomic E-state index is -0.0559. The van der Waals surface area contributed by atoms with Gasteiger partial charge in [0.25, 0.3) is 5.91 Å². The molecular weight excluding hydrogens is 370 g/mol. The lowest BCUT2D eigenvalue weighted by molar-refractivity contribution is 0.0695. The fraction of sp³-hybridized carbons (Fsp3) is 0.261. The fourth-order valence-electron chi connectivity index (χ4n) is 3.99. The third-order valence-electron chi connectivity index (χ3n) is 5.34. The van der Waals surface area contributed by atoms with Gasteiger partial charge in [0.2, 0.25) is 0 Å². The molecule has 5 rings (SSSR count). The van der Waals surface area contributed by atoms with Gasteiger partial charge >= 0.3 is 0 Å². The van der Waals surface area contributed by atoms with Crippen molar-refractivity contribution >= 4 is 17.2 Å². The van der Waals surface area contributed by atoms with Crippen LogP contribution in [0.25, 0.3) is 0 Å². The Bertz CT molecular complexity index is 998. The molecule has 0 saturated heterocycles. The van der Waals surface area contributed by atoms with Crippen LogP contribution in [0.5, 0.6) is 11.5 Å². The van der Waals surface area contributed by atoms with E-state index in [2.05, 4.69) is 23.6 Å². The highest BCUT2D eigenvalue weighted by atomic mass is 32.1. The summed E-state index contributed by atoms with van der Waals surface area (Å²) in [7, 11) is 0. The summed E-state index contributed by atoms with van der Waals surface area (Å²) in [4.78, 5) is 16.9. The van der Waals surface area contributed by atoms with Gasteiger partial charge in [-0.1, -0.05) is 30.3 Å². The van der Waals surface area contributed by atoms with E-state index in [1.165, 1.54) is 10.4 Å². The lowest BCUT2D eigenvalue weighted by Crippen LogP contribution is -2.40. The second-order valence-electron chi connectivity index (χ2n) is 7.07. The normalized spacial score (nSPS) is 18.3. The standard InChI is InChI=1S/C23H21NO3S/c25-23(17-7-8-19-20(15-17)27-13-4-12-26-19)24-11-9-21-18(10-14-28-21)22(24)16-5-2-1-3-6-16/h1-3,5-8,10,14-15,22H,4,9,11-13H2/t22-/m1/s1. The van der Waals surface area contributed by atoms with Gasteiger partial charge in [-0.05, 0) is 47.2 Å². The van der Waals surface area contributed by atoms with E-state index in [-0.39, 0.29) is 11.9 Å². The summed E-state index contributed by atoms with van der Waals surface area (Å²) < 4.78 is 11.5. The summed E-state index contributed by atoms with van der Waals surface area (Å²) in [5, 5.41) is 2.13. The summed E-state index contributed by atoms with van der Waals surface area (Å²) in [6.45, 7) is 1.96. The van der Waals surface area contributed by atoms with E-state index in [1.54, 1.807) is 11.3 Å². The zero-order valence-electron chi connectivity index (χ0n) is 15.5. The summed E-state index contributed by atoms with van der Waals surface area (Å²) in [5.74, 6) is 1.40. The van der Waals surface area contributed by atoms with Crippen LogP contribution in [0.4, 0.5) is 0 Å². The van der Waals surface area contributed by atoms with E-state index in [1.807, 2.05) is 41.3 Å². The Labute approximate surface area is 168 Å². The molecular formula is C23H21NO3S. The Balaban J connectivity index is 1.52. The van der Waals surface area contributed by atoms with Gasteiger partial charge < -0.3 is 14.4 Å². The van der Waals surface area contributed by atoms with Gasteiger partial charge in [0.15, 0.2) is 11.5 Å². The SMILES string of the molecule is O=C(c1ccc2c(c1)OCCCO2)N1CCc2sccc2[C@H]1c1ccccc1. The highest BCUT2D eigenvalue weighted by Crippen LogP contribution is 2.39. The fourth-order valence-corrected chi connectivity index (χ4v) is 4.90. The minimum Gasteiger partial charge on any atom is -0.490 e. The van der Waals surface area contributed by atoms with Crippen molar-refractivity contribution in [2.45, 2.75) is 18.9 Å². The van der Waals surface area contributed by atoms with Gasteiger partial charge in [0, 0.05) is 23.4 Å². The molecule has 1 atom stereocenters. The van der Waals surface area contributed by atoms with Crippen LogP contribution in [-0.2, 0) is 6.42 Å². The maximum atomic E-state index is 13.5. The minimum absolute atomic E-state index is 0.0290. The Morgan fingerprint density at radius 2 is 1.82 bits per heavy atom. The molecule has 0 N–H and O–H groups in total. The molecule has 2 aliphatic heterocycles. The smallest absolute Gasteiger partial charge is 0.254 e. The predicted octanol–water partition coefficient (Wildman–Crippen LogP) is 4.70. The first-order chi connectivity index (χ1) is 13.8. The van der Waals surface area contributed by atoms with E-state index in [9.17, 15) is 4.79 Å². The van der Waals surface area contributed by atoms with Crippen LogP contribution in [0.15, 0.2) is 60.0 Å². The second kappa shape index (κ2) is 7.32. The van der Waals surface area contributed by atoms with Gasteiger partial charge in [-0.3, -0.25) is 4.79 Å². The Morgan fingerprint density at radius 3 is 2.68 bits per heavy atom. The van der Waals surface area contributed by atoms with Crippen molar-refractivity contribution in [1.82, 2.24) is 4.90 Å². The number of amides is 1. The quantitative estimate of drug-likeness (QED) is 0.636. The number of carbonyl (C=O) groups excluding carboxylic acids is 1. The molecule has 0 saturated carbocycles. The number of thiophene rings is 1. The highest BCUT2D eigenvalue weighted by Gasteiger charge is 2.33. The van der Waals surface area contributed by atoms with E-state index in [0.29, 0.717) is 36.8 Å². The molecule has 2 aromatic carbocycles. The van der Waals surface area contributed by atoms with Gasteiger partial charge in [0.1, 0.15) is 0 Å². The first-order valence-electron chi connectivity index (χ1n) is 9.63. The number of ether oxygens (including phenoxy) is 2. The Hall–Kier alpha value is -2.79.